The number of rotatable bonds is 8. The van der Waals surface area contributed by atoms with Gasteiger partial charge in [-0.3, -0.25) is 4.79 Å². The fourth-order valence-electron chi connectivity index (χ4n) is 3.47. The smallest absolute Gasteiger partial charge is 0.231 e. The van der Waals surface area contributed by atoms with Crippen molar-refractivity contribution in [1.82, 2.24) is 15.0 Å². The summed E-state index contributed by atoms with van der Waals surface area (Å²) in [5.41, 5.74) is 4.70. The molecule has 7 nitrogen and oxygen atoms in total. The van der Waals surface area contributed by atoms with Crippen LogP contribution >= 0.6 is 0 Å². The van der Waals surface area contributed by atoms with Crippen LogP contribution in [0.3, 0.4) is 0 Å². The van der Waals surface area contributed by atoms with E-state index >= 15 is 0 Å². The predicted molar refractivity (Wildman–Crippen MR) is 101 cm³/mol. The lowest BCUT2D eigenvalue weighted by Gasteiger charge is -2.31. The maximum Gasteiger partial charge on any atom is 0.231 e. The highest BCUT2D eigenvalue weighted by Gasteiger charge is 2.28. The summed E-state index contributed by atoms with van der Waals surface area (Å²) < 4.78 is 10.8. The number of carbonyl (C=O) groups excluding carboxylic acids is 1. The topological polar surface area (TPSA) is 96.1 Å². The minimum absolute atomic E-state index is 0.106. The summed E-state index contributed by atoms with van der Waals surface area (Å²) in [6, 6.07) is 7.60. The van der Waals surface area contributed by atoms with Gasteiger partial charge in [0.25, 0.3) is 0 Å². The number of hydrogen-bond donors (Lipinski definition) is 1. The van der Waals surface area contributed by atoms with E-state index in [-0.39, 0.29) is 11.8 Å². The van der Waals surface area contributed by atoms with Crippen LogP contribution in [0.15, 0.2) is 28.8 Å². The first kappa shape index (κ1) is 19.4. The molecule has 2 aromatic rings. The quantitative estimate of drug-likeness (QED) is 0.716. The Kier molecular flexibility index (Phi) is 6.81. The van der Waals surface area contributed by atoms with Gasteiger partial charge < -0.3 is 19.9 Å². The standard InChI is InChI=1S/C20H28N4O3/c1-26-17-9-5-7-15(13-17)19-22-20(27-23-19)16-8-6-12-24(14-16)18(25)10-3-2-4-11-21/h5,7,9,13,16H,2-4,6,8,10-12,14,21H2,1H3/p+1/t16-/m0/s1. The Hall–Kier alpha value is -2.41. The molecule has 1 aliphatic heterocycles. The van der Waals surface area contributed by atoms with E-state index in [0.717, 1.165) is 56.5 Å². The number of hydrogen-bond acceptors (Lipinski definition) is 5. The van der Waals surface area contributed by atoms with Gasteiger partial charge in [-0.2, -0.15) is 4.98 Å². The number of ether oxygens (including phenoxy) is 1. The SMILES string of the molecule is COc1cccc(-c2noc([C@H]3CCCN(C(=O)CCCCC[NH3+])C3)n2)c1. The van der Waals surface area contributed by atoms with Crippen molar-refractivity contribution in [3.8, 4) is 17.1 Å². The van der Waals surface area contributed by atoms with Crippen LogP contribution in [0.4, 0.5) is 0 Å². The fourth-order valence-corrected chi connectivity index (χ4v) is 3.47. The zero-order valence-corrected chi connectivity index (χ0v) is 16.0. The largest absolute Gasteiger partial charge is 0.497 e. The van der Waals surface area contributed by atoms with Gasteiger partial charge in [-0.1, -0.05) is 17.3 Å². The van der Waals surface area contributed by atoms with Gasteiger partial charge >= 0.3 is 0 Å². The molecule has 1 atom stereocenters. The molecule has 0 radical (unpaired) electrons. The summed E-state index contributed by atoms with van der Waals surface area (Å²) in [4.78, 5) is 19.0. The molecular formula is C20H29N4O3+. The zero-order valence-electron chi connectivity index (χ0n) is 16.0. The molecule has 0 bridgehead atoms. The van der Waals surface area contributed by atoms with Gasteiger partial charge in [-0.15, -0.1) is 0 Å². The minimum atomic E-state index is 0.106. The number of piperidine rings is 1. The van der Waals surface area contributed by atoms with Crippen LogP contribution in [0.5, 0.6) is 5.75 Å². The highest BCUT2D eigenvalue weighted by atomic mass is 16.5. The second-order valence-corrected chi connectivity index (χ2v) is 7.03. The number of likely N-dealkylation sites (tertiary alicyclic amines) is 1. The third-order valence-corrected chi connectivity index (χ3v) is 5.03. The van der Waals surface area contributed by atoms with Crippen molar-refractivity contribution >= 4 is 5.91 Å². The molecule has 1 amide bonds. The van der Waals surface area contributed by atoms with Crippen LogP contribution < -0.4 is 10.5 Å². The second kappa shape index (κ2) is 9.50. The Labute approximate surface area is 159 Å². The van der Waals surface area contributed by atoms with Gasteiger partial charge in [0.2, 0.25) is 17.6 Å². The maximum atomic E-state index is 12.5. The zero-order chi connectivity index (χ0) is 19.1. The molecule has 3 rings (SSSR count). The molecule has 1 fully saturated rings. The number of amides is 1. The van der Waals surface area contributed by atoms with E-state index in [2.05, 4.69) is 15.9 Å². The van der Waals surface area contributed by atoms with Gasteiger partial charge in [-0.05, 0) is 44.2 Å². The summed E-state index contributed by atoms with van der Waals surface area (Å²) >= 11 is 0. The van der Waals surface area contributed by atoms with Crippen LogP contribution in [0, 0.1) is 0 Å². The number of quaternary nitrogens is 1. The first-order valence-electron chi connectivity index (χ1n) is 9.76. The number of nitrogens with zero attached hydrogens (tertiary/aromatic N) is 3. The van der Waals surface area contributed by atoms with E-state index in [9.17, 15) is 4.79 Å². The molecule has 27 heavy (non-hydrogen) atoms. The van der Waals surface area contributed by atoms with E-state index in [1.54, 1.807) is 7.11 Å². The van der Waals surface area contributed by atoms with Crippen LogP contribution in [0.1, 0.15) is 50.3 Å². The van der Waals surface area contributed by atoms with Gasteiger partial charge in [0.05, 0.1) is 19.6 Å². The normalized spacial score (nSPS) is 17.1. The van der Waals surface area contributed by atoms with Gasteiger partial charge in [0.15, 0.2) is 0 Å². The van der Waals surface area contributed by atoms with Crippen LogP contribution in [0.2, 0.25) is 0 Å². The van der Waals surface area contributed by atoms with Crippen molar-refractivity contribution in [2.75, 3.05) is 26.7 Å². The highest BCUT2D eigenvalue weighted by molar-refractivity contribution is 5.76. The van der Waals surface area contributed by atoms with Gasteiger partial charge in [0, 0.05) is 25.1 Å². The molecule has 3 N–H and O–H groups in total. The van der Waals surface area contributed by atoms with Crippen LogP contribution in [0.25, 0.3) is 11.4 Å². The molecule has 1 aromatic heterocycles. The number of carbonyl (C=O) groups is 1. The van der Waals surface area contributed by atoms with Gasteiger partial charge in [0.1, 0.15) is 5.75 Å². The van der Waals surface area contributed by atoms with Crippen molar-refractivity contribution in [3.63, 3.8) is 0 Å². The van der Waals surface area contributed by atoms with Crippen molar-refractivity contribution < 1.29 is 19.8 Å². The monoisotopic (exact) mass is 373 g/mol. The number of unbranched alkanes of at least 4 members (excludes halogenated alkanes) is 2. The third-order valence-electron chi connectivity index (χ3n) is 5.03. The van der Waals surface area contributed by atoms with E-state index < -0.39 is 0 Å². The summed E-state index contributed by atoms with van der Waals surface area (Å²) in [6.07, 6.45) is 5.64. The lowest BCUT2D eigenvalue weighted by molar-refractivity contribution is -0.368. The van der Waals surface area contributed by atoms with E-state index in [1.807, 2.05) is 29.2 Å². The molecule has 0 spiro atoms. The summed E-state index contributed by atoms with van der Waals surface area (Å²) in [5, 5.41) is 4.13. The minimum Gasteiger partial charge on any atom is -0.497 e. The number of benzene rings is 1. The Balaban J connectivity index is 1.61. The molecule has 1 saturated heterocycles. The lowest BCUT2D eigenvalue weighted by atomic mass is 9.97. The third kappa shape index (κ3) is 5.07. The Morgan fingerprint density at radius 2 is 2.26 bits per heavy atom. The molecule has 0 aliphatic carbocycles. The van der Waals surface area contributed by atoms with Gasteiger partial charge in [-0.25, -0.2) is 0 Å². The van der Waals surface area contributed by atoms with E-state index in [1.165, 1.54) is 0 Å². The summed E-state index contributed by atoms with van der Waals surface area (Å²) in [5.74, 6) is 2.26. The maximum absolute atomic E-state index is 12.5. The summed E-state index contributed by atoms with van der Waals surface area (Å²) in [6.45, 7) is 2.42. The van der Waals surface area contributed by atoms with Crippen LogP contribution in [-0.4, -0.2) is 47.7 Å². The molecule has 0 unspecified atom stereocenters. The average Bonchev–Trinajstić information content (AvgIpc) is 3.21. The number of methoxy groups -OCH3 is 1. The fraction of sp³-hybridized carbons (Fsp3) is 0.550. The molecule has 1 aromatic carbocycles. The Morgan fingerprint density at radius 1 is 1.37 bits per heavy atom. The summed E-state index contributed by atoms with van der Waals surface area (Å²) in [7, 11) is 1.63. The van der Waals surface area contributed by atoms with Crippen molar-refractivity contribution in [2.24, 2.45) is 0 Å². The molecule has 2 heterocycles. The Morgan fingerprint density at radius 3 is 3.07 bits per heavy atom. The van der Waals surface area contributed by atoms with Crippen molar-refractivity contribution in [1.29, 1.82) is 0 Å². The molecule has 1 aliphatic rings. The second-order valence-electron chi connectivity index (χ2n) is 7.03. The first-order valence-corrected chi connectivity index (χ1v) is 9.76. The lowest BCUT2D eigenvalue weighted by Crippen LogP contribution is -2.50. The molecule has 146 valence electrons. The predicted octanol–water partition coefficient (Wildman–Crippen LogP) is 2.25. The Bertz CT molecular complexity index is 746. The molecular weight excluding hydrogens is 344 g/mol. The van der Waals surface area contributed by atoms with E-state index in [0.29, 0.717) is 24.7 Å². The van der Waals surface area contributed by atoms with Crippen molar-refractivity contribution in [3.05, 3.63) is 30.2 Å². The number of aromatic nitrogens is 2. The first-order chi connectivity index (χ1) is 13.2. The highest BCUT2D eigenvalue weighted by Crippen LogP contribution is 2.29. The molecule has 7 heteroatoms. The molecule has 0 saturated carbocycles. The average molecular weight is 373 g/mol. The van der Waals surface area contributed by atoms with Crippen LogP contribution in [-0.2, 0) is 4.79 Å². The van der Waals surface area contributed by atoms with Crippen molar-refractivity contribution in [2.45, 2.75) is 44.4 Å². The van der Waals surface area contributed by atoms with E-state index in [4.69, 9.17) is 9.26 Å².